The van der Waals surface area contributed by atoms with E-state index in [1.807, 2.05) is 0 Å². The van der Waals surface area contributed by atoms with Gasteiger partial charge in [0.25, 0.3) is 0 Å². The molecular formula is C10H21NO. The van der Waals surface area contributed by atoms with Gasteiger partial charge < -0.3 is 10.4 Å². The highest BCUT2D eigenvalue weighted by Crippen LogP contribution is 2.16. The summed E-state index contributed by atoms with van der Waals surface area (Å²) in [6, 6.07) is 0.722. The number of nitrogens with one attached hydrogen (secondary N) is 1. The van der Waals surface area contributed by atoms with Crippen LogP contribution in [-0.2, 0) is 0 Å². The maximum absolute atomic E-state index is 8.75. The van der Waals surface area contributed by atoms with Gasteiger partial charge in [-0.25, -0.2) is 0 Å². The zero-order valence-electron chi connectivity index (χ0n) is 8.05. The monoisotopic (exact) mass is 171 g/mol. The number of hydrogen-bond acceptors (Lipinski definition) is 2. The van der Waals surface area contributed by atoms with E-state index in [4.69, 9.17) is 5.11 Å². The Kier molecular flexibility index (Phi) is 4.62. The predicted molar refractivity (Wildman–Crippen MR) is 51.1 cm³/mol. The summed E-state index contributed by atoms with van der Waals surface area (Å²) in [6.07, 6.45) is 6.24. The minimum Gasteiger partial charge on any atom is -0.396 e. The molecule has 1 fully saturated rings. The number of piperidine rings is 1. The normalized spacial score (nSPS) is 27.0. The van der Waals surface area contributed by atoms with Crippen LogP contribution >= 0.6 is 0 Å². The standard InChI is InChI=1S/C10H21NO/c1-9(5-7-12)8-10-4-2-3-6-11-10/h9-12H,2-8H2,1H3. The maximum atomic E-state index is 8.75. The summed E-state index contributed by atoms with van der Waals surface area (Å²) in [5, 5.41) is 12.3. The van der Waals surface area contributed by atoms with Gasteiger partial charge >= 0.3 is 0 Å². The van der Waals surface area contributed by atoms with Crippen molar-refractivity contribution in [2.45, 2.75) is 45.1 Å². The van der Waals surface area contributed by atoms with Crippen LogP contribution in [0, 0.1) is 5.92 Å². The van der Waals surface area contributed by atoms with Gasteiger partial charge in [-0.3, -0.25) is 0 Å². The third kappa shape index (κ3) is 3.55. The summed E-state index contributed by atoms with van der Waals surface area (Å²) in [7, 11) is 0. The highest BCUT2D eigenvalue weighted by Gasteiger charge is 2.14. The third-order valence-electron chi connectivity index (χ3n) is 2.72. The summed E-state index contributed by atoms with van der Waals surface area (Å²) < 4.78 is 0. The van der Waals surface area contributed by atoms with Gasteiger partial charge in [0, 0.05) is 12.6 Å². The summed E-state index contributed by atoms with van der Waals surface area (Å²) in [5.41, 5.74) is 0. The molecule has 12 heavy (non-hydrogen) atoms. The average molecular weight is 171 g/mol. The molecular weight excluding hydrogens is 150 g/mol. The molecule has 0 spiro atoms. The van der Waals surface area contributed by atoms with E-state index < -0.39 is 0 Å². The molecule has 0 saturated carbocycles. The second-order valence-corrected chi connectivity index (χ2v) is 4.00. The van der Waals surface area contributed by atoms with Crippen molar-refractivity contribution in [1.29, 1.82) is 0 Å². The van der Waals surface area contributed by atoms with E-state index in [9.17, 15) is 0 Å². The van der Waals surface area contributed by atoms with Crippen molar-refractivity contribution in [2.75, 3.05) is 13.2 Å². The maximum Gasteiger partial charge on any atom is 0.0433 e. The number of aliphatic hydroxyl groups excluding tert-OH is 1. The Morgan fingerprint density at radius 1 is 1.50 bits per heavy atom. The highest BCUT2D eigenvalue weighted by atomic mass is 16.3. The minimum atomic E-state index is 0.341. The van der Waals surface area contributed by atoms with E-state index >= 15 is 0 Å². The van der Waals surface area contributed by atoms with Gasteiger partial charge in [0.2, 0.25) is 0 Å². The van der Waals surface area contributed by atoms with E-state index in [1.54, 1.807) is 0 Å². The second-order valence-electron chi connectivity index (χ2n) is 4.00. The summed E-state index contributed by atoms with van der Waals surface area (Å²) in [6.45, 7) is 3.76. The highest BCUT2D eigenvalue weighted by molar-refractivity contribution is 4.74. The van der Waals surface area contributed by atoms with Gasteiger partial charge in [-0.05, 0) is 38.1 Å². The molecule has 2 atom stereocenters. The summed E-state index contributed by atoms with van der Waals surface area (Å²) in [4.78, 5) is 0. The van der Waals surface area contributed by atoms with Crippen molar-refractivity contribution < 1.29 is 5.11 Å². The van der Waals surface area contributed by atoms with Crippen molar-refractivity contribution in [3.05, 3.63) is 0 Å². The summed E-state index contributed by atoms with van der Waals surface area (Å²) in [5.74, 6) is 0.672. The van der Waals surface area contributed by atoms with Crippen LogP contribution in [0.25, 0.3) is 0 Å². The molecule has 0 bridgehead atoms. The Bertz CT molecular complexity index is 110. The molecule has 1 saturated heterocycles. The Morgan fingerprint density at radius 2 is 2.33 bits per heavy atom. The molecule has 2 N–H and O–H groups in total. The van der Waals surface area contributed by atoms with E-state index in [2.05, 4.69) is 12.2 Å². The number of hydrogen-bond donors (Lipinski definition) is 2. The molecule has 0 aliphatic carbocycles. The first kappa shape index (κ1) is 10.0. The Labute approximate surface area is 75.4 Å². The molecule has 0 aromatic heterocycles. The first-order chi connectivity index (χ1) is 5.83. The molecule has 0 aromatic rings. The van der Waals surface area contributed by atoms with Crippen molar-refractivity contribution in [2.24, 2.45) is 5.92 Å². The molecule has 2 heteroatoms. The van der Waals surface area contributed by atoms with Gasteiger partial charge in [0.15, 0.2) is 0 Å². The fourth-order valence-electron chi connectivity index (χ4n) is 1.95. The molecule has 1 aliphatic heterocycles. The molecule has 2 unspecified atom stereocenters. The number of aliphatic hydroxyl groups is 1. The fraction of sp³-hybridized carbons (Fsp3) is 1.00. The van der Waals surface area contributed by atoms with E-state index in [-0.39, 0.29) is 0 Å². The van der Waals surface area contributed by atoms with Gasteiger partial charge in [0.05, 0.1) is 0 Å². The van der Waals surface area contributed by atoms with Crippen LogP contribution in [0.1, 0.15) is 39.0 Å². The Balaban J connectivity index is 2.11. The van der Waals surface area contributed by atoms with Crippen LogP contribution in [0.3, 0.4) is 0 Å². The van der Waals surface area contributed by atoms with Gasteiger partial charge in [-0.2, -0.15) is 0 Å². The smallest absolute Gasteiger partial charge is 0.0433 e. The zero-order chi connectivity index (χ0) is 8.81. The van der Waals surface area contributed by atoms with Crippen LogP contribution in [0.4, 0.5) is 0 Å². The average Bonchev–Trinajstić information content (AvgIpc) is 2.06. The lowest BCUT2D eigenvalue weighted by molar-refractivity contribution is 0.243. The van der Waals surface area contributed by atoms with Crippen molar-refractivity contribution in [1.82, 2.24) is 5.32 Å². The second kappa shape index (κ2) is 5.55. The Morgan fingerprint density at radius 3 is 2.92 bits per heavy atom. The first-order valence-electron chi connectivity index (χ1n) is 5.17. The molecule has 0 radical (unpaired) electrons. The molecule has 0 amide bonds. The molecule has 2 nitrogen and oxygen atoms in total. The summed E-state index contributed by atoms with van der Waals surface area (Å²) >= 11 is 0. The SMILES string of the molecule is CC(CCO)CC1CCCCN1. The molecule has 1 heterocycles. The molecule has 1 rings (SSSR count). The van der Waals surface area contributed by atoms with Gasteiger partial charge in [0.1, 0.15) is 0 Å². The number of rotatable bonds is 4. The lowest BCUT2D eigenvalue weighted by atomic mass is 9.93. The van der Waals surface area contributed by atoms with Crippen LogP contribution in [0.15, 0.2) is 0 Å². The molecule has 72 valence electrons. The first-order valence-corrected chi connectivity index (χ1v) is 5.17. The zero-order valence-corrected chi connectivity index (χ0v) is 8.05. The van der Waals surface area contributed by atoms with Crippen LogP contribution in [0.2, 0.25) is 0 Å². The lowest BCUT2D eigenvalue weighted by Crippen LogP contribution is -2.35. The fourth-order valence-corrected chi connectivity index (χ4v) is 1.95. The van der Waals surface area contributed by atoms with E-state index in [0.29, 0.717) is 12.5 Å². The Hall–Kier alpha value is -0.0800. The largest absolute Gasteiger partial charge is 0.396 e. The van der Waals surface area contributed by atoms with Gasteiger partial charge in [-0.15, -0.1) is 0 Å². The molecule has 1 aliphatic rings. The predicted octanol–water partition coefficient (Wildman–Crippen LogP) is 1.54. The van der Waals surface area contributed by atoms with Crippen molar-refractivity contribution in [3.63, 3.8) is 0 Å². The molecule has 0 aromatic carbocycles. The minimum absolute atomic E-state index is 0.341. The van der Waals surface area contributed by atoms with Crippen LogP contribution in [-0.4, -0.2) is 24.3 Å². The lowest BCUT2D eigenvalue weighted by Gasteiger charge is -2.25. The van der Waals surface area contributed by atoms with E-state index in [1.165, 1.54) is 32.2 Å². The van der Waals surface area contributed by atoms with Crippen LogP contribution in [0.5, 0.6) is 0 Å². The van der Waals surface area contributed by atoms with Gasteiger partial charge in [-0.1, -0.05) is 13.3 Å². The quantitative estimate of drug-likeness (QED) is 0.672. The van der Waals surface area contributed by atoms with Crippen molar-refractivity contribution >= 4 is 0 Å². The third-order valence-corrected chi connectivity index (χ3v) is 2.72. The van der Waals surface area contributed by atoms with E-state index in [0.717, 1.165) is 12.5 Å². The van der Waals surface area contributed by atoms with Crippen molar-refractivity contribution in [3.8, 4) is 0 Å². The topological polar surface area (TPSA) is 32.3 Å². The van der Waals surface area contributed by atoms with Crippen LogP contribution < -0.4 is 5.32 Å².